The van der Waals surface area contributed by atoms with Crippen LogP contribution in [0, 0.1) is 0 Å². The predicted molar refractivity (Wildman–Crippen MR) is 112 cm³/mol. The van der Waals surface area contributed by atoms with Gasteiger partial charge in [0.25, 0.3) is 0 Å². The Hall–Kier alpha value is -2.44. The lowest BCUT2D eigenvalue weighted by atomic mass is 10.1. The zero-order valence-electron chi connectivity index (χ0n) is 15.9. The Bertz CT molecular complexity index is 1020. The van der Waals surface area contributed by atoms with Gasteiger partial charge in [0.2, 0.25) is 0 Å². The number of methoxy groups -OCH3 is 1. The summed E-state index contributed by atoms with van der Waals surface area (Å²) in [7, 11) is 1.36. The van der Waals surface area contributed by atoms with E-state index in [1.54, 1.807) is 11.8 Å². The topological polar surface area (TPSA) is 61.6 Å². The van der Waals surface area contributed by atoms with E-state index in [0.29, 0.717) is 10.8 Å². The number of ether oxygens (including phenoxy) is 2. The molecule has 1 aliphatic rings. The minimum atomic E-state index is -0.377. The lowest BCUT2D eigenvalue weighted by molar-refractivity contribution is -0.142. The number of hydrogen-bond acceptors (Lipinski definition) is 6. The zero-order valence-corrected chi connectivity index (χ0v) is 17.5. The second-order valence-corrected chi connectivity index (χ2v) is 8.17. The summed E-state index contributed by atoms with van der Waals surface area (Å²) >= 11 is 7.68. The van der Waals surface area contributed by atoms with Gasteiger partial charge in [-0.2, -0.15) is 0 Å². The van der Waals surface area contributed by atoms with Gasteiger partial charge in [-0.1, -0.05) is 16.8 Å². The summed E-state index contributed by atoms with van der Waals surface area (Å²) in [5.74, 6) is 1.84. The van der Waals surface area contributed by atoms with Gasteiger partial charge in [-0.05, 0) is 66.8 Å². The molecule has 0 N–H and O–H groups in total. The fraction of sp³-hybridized carbons (Fsp3) is 0.273. The molecule has 5 nitrogen and oxygen atoms in total. The van der Waals surface area contributed by atoms with Gasteiger partial charge in [-0.25, -0.2) is 4.79 Å². The number of benzene rings is 2. The maximum Gasteiger partial charge on any atom is 0.343 e. The molecule has 0 amide bonds. The van der Waals surface area contributed by atoms with Crippen molar-refractivity contribution in [1.82, 2.24) is 5.16 Å². The summed E-state index contributed by atoms with van der Waals surface area (Å²) in [5, 5.41) is 4.89. The fourth-order valence-corrected chi connectivity index (χ4v) is 4.52. The average molecular weight is 430 g/mol. The van der Waals surface area contributed by atoms with E-state index in [4.69, 9.17) is 20.9 Å². The van der Waals surface area contributed by atoms with E-state index in [-0.39, 0.29) is 12.6 Å². The van der Waals surface area contributed by atoms with Gasteiger partial charge in [0.05, 0.1) is 12.8 Å². The van der Waals surface area contributed by atoms with Gasteiger partial charge in [0.15, 0.2) is 12.4 Å². The van der Waals surface area contributed by atoms with Crippen LogP contribution in [0.4, 0.5) is 0 Å². The number of nitrogens with zero attached hydrogens (tertiary/aromatic N) is 1. The van der Waals surface area contributed by atoms with Crippen molar-refractivity contribution in [2.75, 3.05) is 13.7 Å². The normalized spacial score (nSPS) is 12.6. The first-order valence-electron chi connectivity index (χ1n) is 9.32. The third kappa shape index (κ3) is 4.60. The molecule has 1 heterocycles. The van der Waals surface area contributed by atoms with Crippen LogP contribution < -0.4 is 4.74 Å². The summed E-state index contributed by atoms with van der Waals surface area (Å²) < 4.78 is 15.8. The maximum atomic E-state index is 11.4. The molecule has 0 aliphatic heterocycles. The maximum absolute atomic E-state index is 11.4. The molecule has 0 unspecified atom stereocenters. The summed E-state index contributed by atoms with van der Waals surface area (Å²) in [6.07, 6.45) is 3.07. The predicted octanol–water partition coefficient (Wildman–Crippen LogP) is 5.33. The van der Waals surface area contributed by atoms with Crippen LogP contribution in [0.25, 0.3) is 11.3 Å². The number of aromatic nitrogens is 1. The Morgan fingerprint density at radius 2 is 1.97 bits per heavy atom. The molecule has 3 aromatic rings. The molecule has 1 aliphatic carbocycles. The van der Waals surface area contributed by atoms with Crippen LogP contribution in [-0.2, 0) is 28.1 Å². The molecule has 0 spiro atoms. The van der Waals surface area contributed by atoms with Crippen LogP contribution in [0.3, 0.4) is 0 Å². The lowest BCUT2D eigenvalue weighted by Crippen LogP contribution is -2.13. The molecule has 0 atom stereocenters. The first-order chi connectivity index (χ1) is 14.1. The third-order valence-corrected chi connectivity index (χ3v) is 6.22. The van der Waals surface area contributed by atoms with Crippen LogP contribution in [0.5, 0.6) is 5.75 Å². The fourth-order valence-electron chi connectivity index (χ4n) is 3.39. The van der Waals surface area contributed by atoms with E-state index in [1.165, 1.54) is 23.1 Å². The number of hydrogen-bond donors (Lipinski definition) is 0. The van der Waals surface area contributed by atoms with Gasteiger partial charge >= 0.3 is 5.97 Å². The largest absolute Gasteiger partial charge is 0.482 e. The number of carbonyl (C=O) groups excluding carboxylic acids is 1. The Morgan fingerprint density at radius 3 is 2.76 bits per heavy atom. The van der Waals surface area contributed by atoms with Crippen molar-refractivity contribution in [2.45, 2.75) is 29.9 Å². The van der Waals surface area contributed by atoms with Crippen molar-refractivity contribution in [2.24, 2.45) is 0 Å². The first kappa shape index (κ1) is 19.9. The van der Waals surface area contributed by atoms with E-state index in [1.807, 2.05) is 36.4 Å². The summed E-state index contributed by atoms with van der Waals surface area (Å²) in [6, 6.07) is 13.5. The minimum absolute atomic E-state index is 0.0676. The molecule has 0 fully saturated rings. The molecular weight excluding hydrogens is 410 g/mol. The highest BCUT2D eigenvalue weighted by Crippen LogP contribution is 2.38. The molecule has 2 aromatic carbocycles. The number of rotatable bonds is 7. The number of esters is 1. The van der Waals surface area contributed by atoms with E-state index in [0.717, 1.165) is 42.0 Å². The first-order valence-corrected chi connectivity index (χ1v) is 10.7. The molecular formula is C22H20ClNO4S. The molecule has 150 valence electrons. The van der Waals surface area contributed by atoms with Crippen LogP contribution in [-0.4, -0.2) is 24.8 Å². The van der Waals surface area contributed by atoms with Gasteiger partial charge in [0.1, 0.15) is 5.75 Å². The number of thioether (sulfide) groups is 1. The van der Waals surface area contributed by atoms with Crippen LogP contribution >= 0.6 is 23.4 Å². The Morgan fingerprint density at radius 1 is 1.17 bits per heavy atom. The highest BCUT2D eigenvalue weighted by molar-refractivity contribution is 7.98. The van der Waals surface area contributed by atoms with E-state index < -0.39 is 0 Å². The lowest BCUT2D eigenvalue weighted by Gasteiger charge is -2.13. The van der Waals surface area contributed by atoms with Crippen LogP contribution in [0.15, 0.2) is 51.9 Å². The molecule has 0 saturated heterocycles. The number of fused-ring (bicyclic) bond motifs is 1. The van der Waals surface area contributed by atoms with Crippen LogP contribution in [0.1, 0.15) is 23.2 Å². The SMILES string of the molecule is COC(=O)COc1ccc(SCc2cc(-c3ccc(Cl)cc3)on2)c2c1CCC2. The zero-order chi connectivity index (χ0) is 20.2. The summed E-state index contributed by atoms with van der Waals surface area (Å²) in [4.78, 5) is 12.6. The average Bonchev–Trinajstić information content (AvgIpc) is 3.41. The Kier molecular flexibility index (Phi) is 6.11. The second-order valence-electron chi connectivity index (χ2n) is 6.72. The van der Waals surface area contributed by atoms with Crippen molar-refractivity contribution < 1.29 is 18.8 Å². The van der Waals surface area contributed by atoms with Crippen molar-refractivity contribution in [3.05, 3.63) is 64.3 Å². The Labute approximate surface area is 178 Å². The number of halogens is 1. The number of carbonyl (C=O) groups is 1. The molecule has 0 bridgehead atoms. The second kappa shape index (κ2) is 8.93. The van der Waals surface area contributed by atoms with Gasteiger partial charge in [0, 0.05) is 27.3 Å². The summed E-state index contributed by atoms with van der Waals surface area (Å²) in [6.45, 7) is -0.0676. The Balaban J connectivity index is 1.44. The van der Waals surface area contributed by atoms with Gasteiger partial charge < -0.3 is 14.0 Å². The third-order valence-electron chi connectivity index (χ3n) is 4.84. The smallest absolute Gasteiger partial charge is 0.343 e. The molecule has 4 rings (SSSR count). The van der Waals surface area contributed by atoms with Crippen molar-refractivity contribution >= 4 is 29.3 Å². The highest BCUT2D eigenvalue weighted by Gasteiger charge is 2.21. The summed E-state index contributed by atoms with van der Waals surface area (Å²) in [5.41, 5.74) is 4.34. The quantitative estimate of drug-likeness (QED) is 0.373. The van der Waals surface area contributed by atoms with E-state index >= 15 is 0 Å². The molecule has 0 radical (unpaired) electrons. The molecule has 7 heteroatoms. The van der Waals surface area contributed by atoms with Crippen molar-refractivity contribution in [3.8, 4) is 17.1 Å². The molecule has 1 aromatic heterocycles. The standard InChI is InChI=1S/C22H20ClNO4S/c1-26-22(25)12-27-19-9-10-21(18-4-2-3-17(18)19)29-13-16-11-20(28-24-16)14-5-7-15(23)8-6-14/h5-11H,2-4,12-13H2,1H3. The highest BCUT2D eigenvalue weighted by atomic mass is 35.5. The molecule has 0 saturated carbocycles. The van der Waals surface area contributed by atoms with Gasteiger partial charge in [-0.3, -0.25) is 0 Å². The van der Waals surface area contributed by atoms with E-state index in [2.05, 4.69) is 16.0 Å². The molecule has 29 heavy (non-hydrogen) atoms. The van der Waals surface area contributed by atoms with Gasteiger partial charge in [-0.15, -0.1) is 11.8 Å². The van der Waals surface area contributed by atoms with Crippen molar-refractivity contribution in [3.63, 3.8) is 0 Å². The monoisotopic (exact) mass is 429 g/mol. The van der Waals surface area contributed by atoms with Crippen molar-refractivity contribution in [1.29, 1.82) is 0 Å². The minimum Gasteiger partial charge on any atom is -0.482 e. The van der Waals surface area contributed by atoms with E-state index in [9.17, 15) is 4.79 Å². The van der Waals surface area contributed by atoms with Crippen LogP contribution in [0.2, 0.25) is 5.02 Å².